The molecule has 6 aromatic rings. The molecule has 42 heavy (non-hydrogen) atoms. The van der Waals surface area contributed by atoms with Crippen molar-refractivity contribution in [2.75, 3.05) is 13.2 Å². The lowest BCUT2D eigenvalue weighted by atomic mass is 9.98. The maximum absolute atomic E-state index is 5.92. The number of aromatic nitrogens is 8. The molecule has 2 aromatic carbocycles. The zero-order valence-corrected chi connectivity index (χ0v) is 23.3. The standard InChI is InChI=1S/C32H30N8O2/c1-2-3-10-28-34-27-18-26(23-7-6-15-33-19-23)29(32-41-16-17-42-32)35-31(27)40(28)20-21-11-13-22(14-12-21)24-8-4-5-9-25(24)30-36-38-39-37-30/h4-9,11-15,18-19,32H,2-3,10,16-17,20H2,1H3,(H,36,37,38,39). The molecule has 1 N–H and O–H groups in total. The average Bonchev–Trinajstić information content (AvgIpc) is 3.83. The van der Waals surface area contributed by atoms with Crippen molar-refractivity contribution in [2.24, 2.45) is 0 Å². The summed E-state index contributed by atoms with van der Waals surface area (Å²) in [7, 11) is 0. The van der Waals surface area contributed by atoms with E-state index in [2.05, 4.69) is 73.5 Å². The second-order valence-corrected chi connectivity index (χ2v) is 10.3. The number of hydrogen-bond donors (Lipinski definition) is 1. The van der Waals surface area contributed by atoms with Gasteiger partial charge in [-0.25, -0.2) is 9.97 Å². The fourth-order valence-electron chi connectivity index (χ4n) is 5.43. The number of aryl methyl sites for hydroxylation is 1. The SMILES string of the molecule is CCCCc1nc2cc(-c3cccnc3)c(C3OCCO3)nc2n1Cc1ccc(-c2ccccc2-c2nn[nH]n2)cc1. The van der Waals surface area contributed by atoms with Crippen molar-refractivity contribution >= 4 is 11.2 Å². The van der Waals surface area contributed by atoms with Gasteiger partial charge in [-0.05, 0) is 40.5 Å². The number of ether oxygens (including phenoxy) is 2. The van der Waals surface area contributed by atoms with Crippen molar-refractivity contribution in [1.82, 2.24) is 40.1 Å². The van der Waals surface area contributed by atoms with E-state index >= 15 is 0 Å². The molecule has 1 aliphatic heterocycles. The number of pyridine rings is 2. The van der Waals surface area contributed by atoms with Crippen LogP contribution in [0.25, 0.3) is 44.8 Å². The highest BCUT2D eigenvalue weighted by Gasteiger charge is 2.26. The molecule has 1 fully saturated rings. The maximum atomic E-state index is 5.92. The summed E-state index contributed by atoms with van der Waals surface area (Å²) < 4.78 is 14.1. The molecule has 0 spiro atoms. The van der Waals surface area contributed by atoms with E-state index in [1.165, 1.54) is 0 Å². The number of benzene rings is 2. The number of nitrogens with zero attached hydrogens (tertiary/aromatic N) is 7. The number of hydrogen-bond acceptors (Lipinski definition) is 8. The zero-order valence-electron chi connectivity index (χ0n) is 23.3. The van der Waals surface area contributed by atoms with Gasteiger partial charge in [0.2, 0.25) is 12.1 Å². The molecule has 0 atom stereocenters. The van der Waals surface area contributed by atoms with E-state index in [0.717, 1.165) is 75.3 Å². The molecular formula is C32H30N8O2. The first-order valence-electron chi connectivity index (χ1n) is 14.2. The maximum Gasteiger partial charge on any atom is 0.205 e. The molecule has 1 aliphatic rings. The van der Waals surface area contributed by atoms with Crippen molar-refractivity contribution in [3.8, 4) is 33.6 Å². The topological polar surface area (TPSA) is 117 Å². The summed E-state index contributed by atoms with van der Waals surface area (Å²) in [6.45, 7) is 3.93. The molecule has 0 radical (unpaired) electrons. The van der Waals surface area contributed by atoms with Crippen LogP contribution in [0.2, 0.25) is 0 Å². The van der Waals surface area contributed by atoms with E-state index in [-0.39, 0.29) is 0 Å². The predicted octanol–water partition coefficient (Wildman–Crippen LogP) is 5.78. The van der Waals surface area contributed by atoms with Crippen LogP contribution in [0.3, 0.4) is 0 Å². The minimum absolute atomic E-state index is 0.523. The third kappa shape index (κ3) is 5.06. The van der Waals surface area contributed by atoms with Crippen LogP contribution in [0, 0.1) is 0 Å². The fraction of sp³-hybridized carbons (Fsp3) is 0.250. The first-order valence-corrected chi connectivity index (χ1v) is 14.2. The number of tetrazole rings is 1. The Hall–Kier alpha value is -4.80. The van der Waals surface area contributed by atoms with Gasteiger partial charge in [-0.3, -0.25) is 4.98 Å². The summed E-state index contributed by atoms with van der Waals surface area (Å²) in [4.78, 5) is 14.6. The highest BCUT2D eigenvalue weighted by Crippen LogP contribution is 2.35. The van der Waals surface area contributed by atoms with E-state index < -0.39 is 6.29 Å². The van der Waals surface area contributed by atoms with E-state index in [9.17, 15) is 0 Å². The lowest BCUT2D eigenvalue weighted by Crippen LogP contribution is -2.09. The zero-order chi connectivity index (χ0) is 28.3. The normalized spacial score (nSPS) is 13.7. The highest BCUT2D eigenvalue weighted by atomic mass is 16.7. The van der Waals surface area contributed by atoms with Crippen LogP contribution in [0.15, 0.2) is 79.1 Å². The van der Waals surface area contributed by atoms with Crippen molar-refractivity contribution in [3.63, 3.8) is 0 Å². The summed E-state index contributed by atoms with van der Waals surface area (Å²) >= 11 is 0. The second-order valence-electron chi connectivity index (χ2n) is 10.3. The van der Waals surface area contributed by atoms with Crippen LogP contribution in [0.4, 0.5) is 0 Å². The Balaban J connectivity index is 1.28. The quantitative estimate of drug-likeness (QED) is 0.238. The van der Waals surface area contributed by atoms with E-state index in [1.54, 1.807) is 6.20 Å². The smallest absolute Gasteiger partial charge is 0.205 e. The van der Waals surface area contributed by atoms with Gasteiger partial charge in [-0.15, -0.1) is 10.2 Å². The molecule has 210 valence electrons. The van der Waals surface area contributed by atoms with Crippen molar-refractivity contribution in [1.29, 1.82) is 0 Å². The Bertz CT molecular complexity index is 1790. The molecule has 4 aromatic heterocycles. The number of rotatable bonds is 9. The van der Waals surface area contributed by atoms with E-state index in [1.807, 2.05) is 36.5 Å². The largest absolute Gasteiger partial charge is 0.345 e. The Kier molecular flexibility index (Phi) is 7.21. The van der Waals surface area contributed by atoms with Gasteiger partial charge in [0, 0.05) is 35.5 Å². The third-order valence-corrected chi connectivity index (χ3v) is 7.52. The van der Waals surface area contributed by atoms with Crippen LogP contribution >= 0.6 is 0 Å². The van der Waals surface area contributed by atoms with Gasteiger partial charge in [0.15, 0.2) is 5.65 Å². The van der Waals surface area contributed by atoms with Gasteiger partial charge in [-0.2, -0.15) is 5.21 Å². The molecular weight excluding hydrogens is 528 g/mol. The van der Waals surface area contributed by atoms with Crippen LogP contribution < -0.4 is 0 Å². The molecule has 10 heteroatoms. The summed E-state index contributed by atoms with van der Waals surface area (Å²) in [5.41, 5.74) is 8.54. The first-order chi connectivity index (χ1) is 20.8. The van der Waals surface area contributed by atoms with Crippen molar-refractivity contribution in [2.45, 2.75) is 39.0 Å². The molecule has 7 rings (SSSR count). The molecule has 0 saturated carbocycles. The van der Waals surface area contributed by atoms with Gasteiger partial charge in [-0.1, -0.05) is 67.9 Å². The van der Waals surface area contributed by atoms with Gasteiger partial charge < -0.3 is 14.0 Å². The van der Waals surface area contributed by atoms with Crippen molar-refractivity contribution < 1.29 is 9.47 Å². The van der Waals surface area contributed by atoms with Gasteiger partial charge >= 0.3 is 0 Å². The molecule has 0 bridgehead atoms. The van der Waals surface area contributed by atoms with Crippen LogP contribution in [-0.4, -0.2) is 53.4 Å². The van der Waals surface area contributed by atoms with Crippen LogP contribution in [0.5, 0.6) is 0 Å². The number of unbranched alkanes of at least 4 members (excludes halogenated alkanes) is 1. The lowest BCUT2D eigenvalue weighted by Gasteiger charge is -2.15. The summed E-state index contributed by atoms with van der Waals surface area (Å²) in [6, 6.07) is 22.7. The molecule has 1 saturated heterocycles. The second kappa shape index (κ2) is 11.6. The molecule has 10 nitrogen and oxygen atoms in total. The number of imidazole rings is 1. The number of fused-ring (bicyclic) bond motifs is 1. The van der Waals surface area contributed by atoms with Crippen LogP contribution in [0.1, 0.15) is 43.1 Å². The summed E-state index contributed by atoms with van der Waals surface area (Å²) in [5.74, 6) is 1.59. The Morgan fingerprint density at radius 2 is 1.74 bits per heavy atom. The fourth-order valence-corrected chi connectivity index (χ4v) is 5.43. The van der Waals surface area contributed by atoms with Gasteiger partial charge in [0.1, 0.15) is 17.0 Å². The Morgan fingerprint density at radius 1 is 0.905 bits per heavy atom. The highest BCUT2D eigenvalue weighted by molar-refractivity contribution is 5.82. The number of nitrogens with one attached hydrogen (secondary N) is 1. The average molecular weight is 559 g/mol. The minimum Gasteiger partial charge on any atom is -0.345 e. The summed E-state index contributed by atoms with van der Waals surface area (Å²) in [6.07, 6.45) is 6.09. The predicted molar refractivity (Wildman–Crippen MR) is 158 cm³/mol. The molecule has 5 heterocycles. The Morgan fingerprint density at radius 3 is 2.48 bits per heavy atom. The number of aromatic amines is 1. The number of H-pyrrole nitrogens is 1. The first kappa shape index (κ1) is 26.1. The van der Waals surface area contributed by atoms with Gasteiger partial charge in [0.05, 0.1) is 19.8 Å². The van der Waals surface area contributed by atoms with E-state index in [0.29, 0.717) is 25.6 Å². The Labute approximate surface area is 242 Å². The monoisotopic (exact) mass is 558 g/mol. The van der Waals surface area contributed by atoms with Crippen molar-refractivity contribution in [3.05, 3.63) is 96.2 Å². The lowest BCUT2D eigenvalue weighted by molar-refractivity contribution is -0.0466. The van der Waals surface area contributed by atoms with Gasteiger partial charge in [0.25, 0.3) is 0 Å². The molecule has 0 amide bonds. The third-order valence-electron chi connectivity index (χ3n) is 7.52. The molecule has 0 aliphatic carbocycles. The summed E-state index contributed by atoms with van der Waals surface area (Å²) in [5, 5.41) is 14.6. The van der Waals surface area contributed by atoms with Crippen LogP contribution in [-0.2, 0) is 22.4 Å². The molecule has 0 unspecified atom stereocenters. The van der Waals surface area contributed by atoms with E-state index in [4.69, 9.17) is 19.4 Å². The minimum atomic E-state index is -0.523.